The molecule has 0 saturated carbocycles. The van der Waals surface area contributed by atoms with E-state index in [4.69, 9.17) is 14.9 Å². The molecule has 9 heteroatoms. The number of rotatable bonds is 3. The van der Waals surface area contributed by atoms with Crippen molar-refractivity contribution in [2.45, 2.75) is 12.3 Å². The minimum absolute atomic E-state index is 0.262. The van der Waals surface area contributed by atoms with Crippen molar-refractivity contribution in [2.75, 3.05) is 0 Å². The lowest BCUT2D eigenvalue weighted by Gasteiger charge is -2.19. The normalized spacial score (nSPS) is 12.9. The van der Waals surface area contributed by atoms with Crippen molar-refractivity contribution in [3.05, 3.63) is 33.5 Å². The molecule has 0 radical (unpaired) electrons. The molecule has 0 aliphatic heterocycles. The van der Waals surface area contributed by atoms with Crippen LogP contribution in [0, 0.1) is 5.82 Å². The van der Waals surface area contributed by atoms with Crippen LogP contribution in [0.1, 0.15) is 11.1 Å². The van der Waals surface area contributed by atoms with Crippen LogP contribution in [0.5, 0.6) is 0 Å². The summed E-state index contributed by atoms with van der Waals surface area (Å²) >= 11 is 2.65. The van der Waals surface area contributed by atoms with E-state index < -0.39 is 35.7 Å². The number of halogens is 4. The molecule has 3 N–H and O–H groups in total. The topological polar surface area (TPSA) is 77.8 Å². The number of alkyl halides is 2. The van der Waals surface area contributed by atoms with Crippen molar-refractivity contribution in [3.63, 3.8) is 0 Å². The largest absolute Gasteiger partial charge is 0.399 e. The molecule has 1 aromatic carbocycles. The second-order valence-electron chi connectivity index (χ2n) is 3.17. The summed E-state index contributed by atoms with van der Waals surface area (Å²) in [6, 6.07) is 1.13. The Balaban J connectivity index is 3.44. The van der Waals surface area contributed by atoms with Crippen molar-refractivity contribution in [1.82, 2.24) is 0 Å². The first-order chi connectivity index (χ1) is 7.61. The molecule has 96 valence electrons. The second-order valence-corrected chi connectivity index (χ2v) is 5.67. The Morgan fingerprint density at radius 1 is 1.35 bits per heavy atom. The zero-order valence-corrected chi connectivity index (χ0v) is 10.6. The van der Waals surface area contributed by atoms with Crippen LogP contribution in [0.15, 0.2) is 16.6 Å². The average Bonchev–Trinajstić information content (AvgIpc) is 2.18. The molecule has 0 aliphatic rings. The fraction of sp³-hybridized carbons (Fsp3) is 0.250. The predicted molar refractivity (Wildman–Crippen MR) is 56.0 cm³/mol. The Kier molecular flexibility index (Phi) is 4.05. The molecule has 0 fully saturated rings. The van der Waals surface area contributed by atoms with E-state index in [0.29, 0.717) is 0 Å². The monoisotopic (exact) mass is 334 g/mol. The molecule has 0 saturated heterocycles. The summed E-state index contributed by atoms with van der Waals surface area (Å²) in [4.78, 5) is 17.0. The van der Waals surface area contributed by atoms with Crippen LogP contribution < -0.4 is 0 Å². The standard InChI is InChI=1S/C8H7BrF3O4P/c9-6-1-4(3-13)7(10)2-5(6)8(11,12)17(14,15)16/h1-2,13H,3H2,(H2,14,15,16). The van der Waals surface area contributed by atoms with Gasteiger partial charge in [-0.25, -0.2) is 4.39 Å². The SMILES string of the molecule is O=P(O)(O)C(F)(F)c1cc(F)c(CO)cc1Br. The van der Waals surface area contributed by atoms with Crippen LogP contribution in [0.2, 0.25) is 0 Å². The van der Waals surface area contributed by atoms with Crippen molar-refractivity contribution >= 4 is 23.5 Å². The maximum absolute atomic E-state index is 13.3. The Bertz CT molecular complexity index is 488. The quantitative estimate of drug-likeness (QED) is 0.741. The van der Waals surface area contributed by atoms with E-state index >= 15 is 0 Å². The second kappa shape index (κ2) is 4.70. The molecular formula is C8H7BrF3O4P. The van der Waals surface area contributed by atoms with Crippen molar-refractivity contribution < 1.29 is 32.6 Å². The van der Waals surface area contributed by atoms with Crippen LogP contribution in [-0.4, -0.2) is 14.9 Å². The molecule has 0 atom stereocenters. The molecular weight excluding hydrogens is 328 g/mol. The average molecular weight is 335 g/mol. The summed E-state index contributed by atoms with van der Waals surface area (Å²) in [5.74, 6) is -1.17. The highest BCUT2D eigenvalue weighted by Gasteiger charge is 2.51. The maximum Gasteiger partial charge on any atom is 0.399 e. The first kappa shape index (κ1) is 14.7. The van der Waals surface area contributed by atoms with E-state index in [1.165, 1.54) is 0 Å². The lowest BCUT2D eigenvalue weighted by atomic mass is 10.1. The molecule has 1 rings (SSSR count). The van der Waals surface area contributed by atoms with Crippen molar-refractivity contribution in [2.24, 2.45) is 0 Å². The fourth-order valence-electron chi connectivity index (χ4n) is 1.10. The number of aliphatic hydroxyl groups is 1. The number of hydrogen-bond donors (Lipinski definition) is 3. The van der Waals surface area contributed by atoms with Gasteiger partial charge in [-0.3, -0.25) is 4.57 Å². The van der Waals surface area contributed by atoms with Gasteiger partial charge in [-0.2, -0.15) is 8.78 Å². The van der Waals surface area contributed by atoms with Crippen LogP contribution >= 0.6 is 23.5 Å². The van der Waals surface area contributed by atoms with Gasteiger partial charge in [0.2, 0.25) is 0 Å². The Hall–Kier alpha value is -0.400. The molecule has 0 heterocycles. The molecule has 0 amide bonds. The van der Waals surface area contributed by atoms with Gasteiger partial charge in [0.05, 0.1) is 12.2 Å². The summed E-state index contributed by atoms with van der Waals surface area (Å²) < 4.78 is 50.0. The van der Waals surface area contributed by atoms with Crippen LogP contribution in [0.4, 0.5) is 13.2 Å². The zero-order valence-electron chi connectivity index (χ0n) is 8.07. The van der Waals surface area contributed by atoms with Crippen LogP contribution in [0.3, 0.4) is 0 Å². The lowest BCUT2D eigenvalue weighted by Crippen LogP contribution is -2.15. The van der Waals surface area contributed by atoms with E-state index in [0.717, 1.165) is 6.07 Å². The summed E-state index contributed by atoms with van der Waals surface area (Å²) in [7, 11) is -5.75. The molecule has 4 nitrogen and oxygen atoms in total. The summed E-state index contributed by atoms with van der Waals surface area (Å²) in [6.45, 7) is -0.716. The minimum atomic E-state index is -5.75. The Labute approximate surface area is 102 Å². The van der Waals surface area contributed by atoms with E-state index in [1.807, 2.05) is 0 Å². The third-order valence-corrected chi connectivity index (χ3v) is 3.62. The highest BCUT2D eigenvalue weighted by Crippen LogP contribution is 2.60. The van der Waals surface area contributed by atoms with Crippen molar-refractivity contribution in [1.29, 1.82) is 0 Å². The van der Waals surface area contributed by atoms with E-state index in [9.17, 15) is 17.7 Å². The molecule has 0 bridgehead atoms. The smallest absolute Gasteiger partial charge is 0.392 e. The fourth-order valence-corrected chi connectivity index (χ4v) is 2.39. The molecule has 1 aromatic rings. The maximum atomic E-state index is 13.3. The van der Waals surface area contributed by atoms with Gasteiger partial charge in [-0.15, -0.1) is 0 Å². The first-order valence-corrected chi connectivity index (χ1v) is 6.54. The summed E-state index contributed by atoms with van der Waals surface area (Å²) in [5, 5.41) is 8.69. The predicted octanol–water partition coefficient (Wildman–Crippen LogP) is 2.31. The van der Waals surface area contributed by atoms with Gasteiger partial charge in [0, 0.05) is 10.0 Å². The van der Waals surface area contributed by atoms with Gasteiger partial charge in [-0.1, -0.05) is 15.9 Å². The van der Waals surface area contributed by atoms with E-state index in [2.05, 4.69) is 15.9 Å². The number of aliphatic hydroxyl groups excluding tert-OH is 1. The zero-order chi connectivity index (χ0) is 13.4. The van der Waals surface area contributed by atoms with E-state index in [1.54, 1.807) is 0 Å². The first-order valence-electron chi connectivity index (χ1n) is 4.14. The molecule has 0 aromatic heterocycles. The highest BCUT2D eigenvalue weighted by molar-refractivity contribution is 9.10. The Morgan fingerprint density at radius 2 is 1.88 bits per heavy atom. The van der Waals surface area contributed by atoms with Gasteiger partial charge in [-0.05, 0) is 12.1 Å². The van der Waals surface area contributed by atoms with E-state index in [-0.39, 0.29) is 11.6 Å². The molecule has 0 spiro atoms. The van der Waals surface area contributed by atoms with Gasteiger partial charge in [0.25, 0.3) is 0 Å². The third kappa shape index (κ3) is 2.71. The molecule has 0 unspecified atom stereocenters. The minimum Gasteiger partial charge on any atom is -0.392 e. The van der Waals surface area contributed by atoms with Crippen molar-refractivity contribution in [3.8, 4) is 0 Å². The third-order valence-electron chi connectivity index (χ3n) is 2.00. The van der Waals surface area contributed by atoms with Crippen LogP contribution in [0.25, 0.3) is 0 Å². The Morgan fingerprint density at radius 3 is 2.29 bits per heavy atom. The van der Waals surface area contributed by atoms with Crippen LogP contribution in [-0.2, 0) is 16.8 Å². The van der Waals surface area contributed by atoms with Gasteiger partial charge in [0.15, 0.2) is 0 Å². The lowest BCUT2D eigenvalue weighted by molar-refractivity contribution is 0.0553. The van der Waals surface area contributed by atoms with Gasteiger partial charge >= 0.3 is 13.3 Å². The van der Waals surface area contributed by atoms with Gasteiger partial charge in [0.1, 0.15) is 5.82 Å². The number of hydrogen-bond acceptors (Lipinski definition) is 2. The number of benzene rings is 1. The summed E-state index contributed by atoms with van der Waals surface area (Å²) in [6.07, 6.45) is 0. The molecule has 17 heavy (non-hydrogen) atoms. The highest BCUT2D eigenvalue weighted by atomic mass is 79.9. The summed E-state index contributed by atoms with van der Waals surface area (Å²) in [5.41, 5.74) is -5.93. The molecule has 0 aliphatic carbocycles. The van der Waals surface area contributed by atoms with Gasteiger partial charge < -0.3 is 14.9 Å².